The summed E-state index contributed by atoms with van der Waals surface area (Å²) in [5.41, 5.74) is 6.97. The molecule has 2 rings (SSSR count). The van der Waals surface area contributed by atoms with Gasteiger partial charge in [0.2, 0.25) is 0 Å². The predicted octanol–water partition coefficient (Wildman–Crippen LogP) is 3.61. The SMILES string of the molecule is CC(C)SCc1noc(-c2ccc(N)c(Cl)c2)n1. The zero-order chi connectivity index (χ0) is 13.1. The minimum atomic E-state index is 0.469. The third kappa shape index (κ3) is 3.17. The summed E-state index contributed by atoms with van der Waals surface area (Å²) in [6.45, 7) is 4.26. The second-order valence-corrected chi connectivity index (χ2v) is 6.08. The molecular weight excluding hydrogens is 270 g/mol. The quantitative estimate of drug-likeness (QED) is 0.868. The van der Waals surface area contributed by atoms with Crippen LogP contribution in [0.2, 0.25) is 5.02 Å². The van der Waals surface area contributed by atoms with E-state index in [-0.39, 0.29) is 0 Å². The lowest BCUT2D eigenvalue weighted by Crippen LogP contribution is -1.91. The van der Waals surface area contributed by atoms with Crippen LogP contribution in [0.15, 0.2) is 22.7 Å². The number of halogens is 1. The Balaban J connectivity index is 2.16. The van der Waals surface area contributed by atoms with Gasteiger partial charge in [-0.3, -0.25) is 0 Å². The van der Waals surface area contributed by atoms with Gasteiger partial charge in [0.05, 0.1) is 16.5 Å². The van der Waals surface area contributed by atoms with Crippen LogP contribution in [0.25, 0.3) is 11.5 Å². The molecule has 0 unspecified atom stereocenters. The largest absolute Gasteiger partial charge is 0.398 e. The van der Waals surface area contributed by atoms with Gasteiger partial charge in [-0.05, 0) is 23.4 Å². The van der Waals surface area contributed by atoms with Gasteiger partial charge in [-0.25, -0.2) is 0 Å². The van der Waals surface area contributed by atoms with Gasteiger partial charge in [0.1, 0.15) is 0 Å². The van der Waals surface area contributed by atoms with Crippen LogP contribution in [0.3, 0.4) is 0 Å². The van der Waals surface area contributed by atoms with Gasteiger partial charge in [-0.2, -0.15) is 16.7 Å². The Bertz CT molecular complexity index is 542. The molecule has 0 bridgehead atoms. The average Bonchev–Trinajstić information content (AvgIpc) is 2.79. The zero-order valence-corrected chi connectivity index (χ0v) is 11.8. The minimum Gasteiger partial charge on any atom is -0.398 e. The second kappa shape index (κ2) is 5.63. The number of hydrogen-bond donors (Lipinski definition) is 1. The highest BCUT2D eigenvalue weighted by Crippen LogP contribution is 2.26. The van der Waals surface area contributed by atoms with E-state index in [4.69, 9.17) is 21.9 Å². The van der Waals surface area contributed by atoms with E-state index in [0.29, 0.717) is 27.7 Å². The number of benzene rings is 1. The fourth-order valence-corrected chi connectivity index (χ4v) is 2.11. The van der Waals surface area contributed by atoms with Crippen LogP contribution in [-0.4, -0.2) is 15.4 Å². The maximum atomic E-state index is 5.95. The van der Waals surface area contributed by atoms with Gasteiger partial charge < -0.3 is 10.3 Å². The molecule has 0 aliphatic carbocycles. The lowest BCUT2D eigenvalue weighted by molar-refractivity contribution is 0.425. The van der Waals surface area contributed by atoms with Crippen molar-refractivity contribution in [1.29, 1.82) is 0 Å². The van der Waals surface area contributed by atoms with Crippen LogP contribution < -0.4 is 5.73 Å². The van der Waals surface area contributed by atoms with E-state index in [9.17, 15) is 0 Å². The molecule has 96 valence electrons. The van der Waals surface area contributed by atoms with E-state index in [2.05, 4.69) is 24.0 Å². The van der Waals surface area contributed by atoms with Crippen molar-refractivity contribution in [2.24, 2.45) is 0 Å². The Morgan fingerprint density at radius 1 is 1.44 bits per heavy atom. The van der Waals surface area contributed by atoms with Crippen molar-refractivity contribution >= 4 is 29.1 Å². The molecule has 0 saturated carbocycles. The van der Waals surface area contributed by atoms with Crippen LogP contribution in [0.5, 0.6) is 0 Å². The molecule has 0 aliphatic heterocycles. The van der Waals surface area contributed by atoms with Crippen LogP contribution in [-0.2, 0) is 5.75 Å². The number of rotatable bonds is 4. The van der Waals surface area contributed by atoms with Crippen molar-refractivity contribution in [2.75, 3.05) is 5.73 Å². The second-order valence-electron chi connectivity index (χ2n) is 4.11. The molecule has 6 heteroatoms. The number of nitrogens with two attached hydrogens (primary N) is 1. The van der Waals surface area contributed by atoms with Crippen molar-refractivity contribution in [3.8, 4) is 11.5 Å². The Hall–Kier alpha value is -1.20. The maximum Gasteiger partial charge on any atom is 0.258 e. The number of hydrogen-bond acceptors (Lipinski definition) is 5. The topological polar surface area (TPSA) is 64.9 Å². The third-order valence-corrected chi connectivity index (χ3v) is 3.68. The van der Waals surface area contributed by atoms with Gasteiger partial charge >= 0.3 is 0 Å². The molecular formula is C12H14ClN3OS. The maximum absolute atomic E-state index is 5.95. The van der Waals surface area contributed by atoms with Crippen molar-refractivity contribution in [1.82, 2.24) is 10.1 Å². The Morgan fingerprint density at radius 2 is 2.22 bits per heavy atom. The summed E-state index contributed by atoms with van der Waals surface area (Å²) >= 11 is 7.72. The molecule has 18 heavy (non-hydrogen) atoms. The molecule has 0 radical (unpaired) electrons. The molecule has 4 nitrogen and oxygen atoms in total. The zero-order valence-electron chi connectivity index (χ0n) is 10.2. The molecule has 0 atom stereocenters. The molecule has 0 fully saturated rings. The molecule has 0 amide bonds. The molecule has 0 spiro atoms. The minimum absolute atomic E-state index is 0.469. The van der Waals surface area contributed by atoms with E-state index in [1.807, 2.05) is 6.07 Å². The number of nitrogens with zero attached hydrogens (tertiary/aromatic N) is 2. The van der Waals surface area contributed by atoms with Crippen molar-refractivity contribution in [3.63, 3.8) is 0 Å². The molecule has 1 aromatic carbocycles. The molecule has 2 aromatic rings. The van der Waals surface area contributed by atoms with E-state index in [1.54, 1.807) is 23.9 Å². The fourth-order valence-electron chi connectivity index (χ4n) is 1.33. The lowest BCUT2D eigenvalue weighted by Gasteiger charge is -1.99. The average molecular weight is 284 g/mol. The van der Waals surface area contributed by atoms with Crippen molar-refractivity contribution in [2.45, 2.75) is 24.9 Å². The number of thioether (sulfide) groups is 1. The van der Waals surface area contributed by atoms with Gasteiger partial charge in [-0.15, -0.1) is 0 Å². The van der Waals surface area contributed by atoms with Gasteiger partial charge in [0.15, 0.2) is 5.82 Å². The molecule has 2 N–H and O–H groups in total. The first-order valence-corrected chi connectivity index (χ1v) is 6.98. The summed E-state index contributed by atoms with van der Waals surface area (Å²) in [6, 6.07) is 5.27. The Kier molecular flexibility index (Phi) is 4.14. The van der Waals surface area contributed by atoms with E-state index < -0.39 is 0 Å². The first-order chi connectivity index (χ1) is 8.56. The number of aromatic nitrogens is 2. The third-order valence-electron chi connectivity index (χ3n) is 2.26. The monoisotopic (exact) mass is 283 g/mol. The highest BCUT2D eigenvalue weighted by Gasteiger charge is 2.10. The predicted molar refractivity (Wildman–Crippen MR) is 75.6 cm³/mol. The van der Waals surface area contributed by atoms with Gasteiger partial charge in [-0.1, -0.05) is 30.6 Å². The highest BCUT2D eigenvalue weighted by atomic mass is 35.5. The molecule has 0 aliphatic rings. The van der Waals surface area contributed by atoms with E-state index in [1.165, 1.54) is 0 Å². The summed E-state index contributed by atoms with van der Waals surface area (Å²) in [7, 11) is 0. The normalized spacial score (nSPS) is 11.1. The van der Waals surface area contributed by atoms with Crippen LogP contribution in [0.4, 0.5) is 5.69 Å². The summed E-state index contributed by atoms with van der Waals surface area (Å²) in [5, 5.41) is 4.96. The van der Waals surface area contributed by atoms with E-state index in [0.717, 1.165) is 11.3 Å². The van der Waals surface area contributed by atoms with Crippen LogP contribution >= 0.6 is 23.4 Å². The standard InChI is InChI=1S/C12H14ClN3OS/c1-7(2)18-6-11-15-12(17-16-11)8-3-4-10(14)9(13)5-8/h3-5,7H,6,14H2,1-2H3. The fraction of sp³-hybridized carbons (Fsp3) is 0.333. The summed E-state index contributed by atoms with van der Waals surface area (Å²) < 4.78 is 5.20. The van der Waals surface area contributed by atoms with Crippen LogP contribution in [0.1, 0.15) is 19.7 Å². The first-order valence-electron chi connectivity index (χ1n) is 5.56. The first kappa shape index (κ1) is 13.2. The highest BCUT2D eigenvalue weighted by molar-refractivity contribution is 7.99. The summed E-state index contributed by atoms with van der Waals surface area (Å²) in [5.74, 6) is 1.90. The molecule has 1 aromatic heterocycles. The summed E-state index contributed by atoms with van der Waals surface area (Å²) in [6.07, 6.45) is 0. The summed E-state index contributed by atoms with van der Waals surface area (Å²) in [4.78, 5) is 4.33. The molecule has 0 saturated heterocycles. The van der Waals surface area contributed by atoms with E-state index >= 15 is 0 Å². The molecule has 1 heterocycles. The number of nitrogen functional groups attached to an aromatic ring is 1. The Labute approximate surface area is 115 Å². The van der Waals surface area contributed by atoms with Crippen LogP contribution in [0, 0.1) is 0 Å². The Morgan fingerprint density at radius 3 is 2.89 bits per heavy atom. The number of anilines is 1. The smallest absolute Gasteiger partial charge is 0.258 e. The lowest BCUT2D eigenvalue weighted by atomic mass is 10.2. The van der Waals surface area contributed by atoms with Gasteiger partial charge in [0, 0.05) is 5.56 Å². The van der Waals surface area contributed by atoms with Gasteiger partial charge in [0.25, 0.3) is 5.89 Å². The van der Waals surface area contributed by atoms with Crippen molar-refractivity contribution < 1.29 is 4.52 Å². The van der Waals surface area contributed by atoms with Crippen molar-refractivity contribution in [3.05, 3.63) is 29.0 Å².